The van der Waals surface area contributed by atoms with Crippen LogP contribution in [0.25, 0.3) is 11.0 Å². The second-order valence-corrected chi connectivity index (χ2v) is 13.7. The normalized spacial score (nSPS) is 14.8. The second-order valence-electron chi connectivity index (χ2n) is 6.89. The minimum Gasteiger partial charge on any atom is -0.232 e. The molecule has 3 rings (SSSR count). The number of fused-ring (bicyclic) bond motifs is 1. The molecule has 0 N–H and O–H groups in total. The Balaban J connectivity index is 2.19. The molecular formula is C18H23N3SSi. The summed E-state index contributed by atoms with van der Waals surface area (Å²) in [7, 11) is -1.62. The van der Waals surface area contributed by atoms with Crippen molar-refractivity contribution >= 4 is 30.9 Å². The van der Waals surface area contributed by atoms with E-state index >= 15 is 0 Å². The van der Waals surface area contributed by atoms with Gasteiger partial charge in [0.2, 0.25) is 0 Å². The Morgan fingerprint density at radius 1 is 1.00 bits per heavy atom. The van der Waals surface area contributed by atoms with E-state index in [2.05, 4.69) is 83.4 Å². The zero-order valence-electron chi connectivity index (χ0n) is 14.2. The van der Waals surface area contributed by atoms with Crippen LogP contribution in [0.5, 0.6) is 0 Å². The molecule has 1 unspecified atom stereocenters. The number of aromatic nitrogens is 3. The predicted molar refractivity (Wildman–Crippen MR) is 103 cm³/mol. The van der Waals surface area contributed by atoms with Crippen LogP contribution in [-0.2, 0) is 10.9 Å². The van der Waals surface area contributed by atoms with E-state index in [4.69, 9.17) is 0 Å². The molecule has 0 radical (unpaired) electrons. The summed E-state index contributed by atoms with van der Waals surface area (Å²) in [5, 5.41) is 8.99. The van der Waals surface area contributed by atoms with Crippen molar-refractivity contribution < 1.29 is 0 Å². The minimum absolute atomic E-state index is 0.0650. The van der Waals surface area contributed by atoms with Crippen LogP contribution in [0.3, 0.4) is 0 Å². The third kappa shape index (κ3) is 2.83. The van der Waals surface area contributed by atoms with Gasteiger partial charge in [0.25, 0.3) is 0 Å². The first-order valence-corrected chi connectivity index (χ1v) is 12.6. The number of para-hydroxylation sites is 1. The van der Waals surface area contributed by atoms with Crippen LogP contribution < -0.4 is 0 Å². The highest BCUT2D eigenvalue weighted by atomic mass is 32.2. The molecule has 0 saturated carbocycles. The lowest BCUT2D eigenvalue weighted by molar-refractivity contribution is 0.515. The van der Waals surface area contributed by atoms with Gasteiger partial charge in [0, 0.05) is 6.42 Å². The smallest absolute Gasteiger partial charge is 0.113 e. The maximum Gasteiger partial charge on any atom is 0.113 e. The Hall–Kier alpha value is -1.59. The lowest BCUT2D eigenvalue weighted by atomic mass is 10.1. The summed E-state index contributed by atoms with van der Waals surface area (Å²) in [5.74, 6) is 0. The van der Waals surface area contributed by atoms with Gasteiger partial charge in [-0.05, 0) is 24.0 Å². The Kier molecular flexibility index (Phi) is 4.34. The molecule has 2 aromatic carbocycles. The molecule has 1 aromatic heterocycles. The first-order chi connectivity index (χ1) is 11.0. The largest absolute Gasteiger partial charge is 0.232 e. The maximum absolute atomic E-state index is 4.58. The summed E-state index contributed by atoms with van der Waals surface area (Å²) in [6, 6.07) is 19.0. The van der Waals surface area contributed by atoms with E-state index in [9.17, 15) is 0 Å². The van der Waals surface area contributed by atoms with Crippen molar-refractivity contribution in [3.8, 4) is 0 Å². The highest BCUT2D eigenvalue weighted by Crippen LogP contribution is 2.42. The van der Waals surface area contributed by atoms with Gasteiger partial charge < -0.3 is 0 Å². The van der Waals surface area contributed by atoms with Gasteiger partial charge in [0.05, 0.1) is 13.6 Å². The summed E-state index contributed by atoms with van der Waals surface area (Å²) in [5.41, 5.74) is 3.45. The molecule has 0 amide bonds. The van der Waals surface area contributed by atoms with Gasteiger partial charge in [-0.1, -0.05) is 67.3 Å². The van der Waals surface area contributed by atoms with Gasteiger partial charge in [-0.3, -0.25) is 0 Å². The highest BCUT2D eigenvalue weighted by Gasteiger charge is 2.46. The van der Waals surface area contributed by atoms with Crippen molar-refractivity contribution in [1.29, 1.82) is 0 Å². The topological polar surface area (TPSA) is 30.7 Å². The molecule has 0 fully saturated rings. The molecule has 1 heterocycles. The zero-order valence-corrected chi connectivity index (χ0v) is 16.0. The third-order valence-electron chi connectivity index (χ3n) is 4.49. The number of rotatable bonds is 5. The summed E-state index contributed by atoms with van der Waals surface area (Å²) in [6.07, 6.45) is 3.18. The lowest BCUT2D eigenvalue weighted by Crippen LogP contribution is -2.53. The average Bonchev–Trinajstić information content (AvgIpc) is 2.97. The number of thioether (sulfide) groups is 1. The SMILES string of the molecule is CSC(Cc1ccccc1)(n1nnc2ccccc21)[Si](C)(C)C. The first kappa shape index (κ1) is 16.3. The van der Waals surface area contributed by atoms with Crippen LogP contribution in [0.2, 0.25) is 19.6 Å². The molecule has 0 aliphatic carbocycles. The van der Waals surface area contributed by atoms with Crippen LogP contribution in [0.1, 0.15) is 5.56 Å². The maximum atomic E-state index is 4.58. The van der Waals surface area contributed by atoms with E-state index in [-0.39, 0.29) is 4.49 Å². The molecule has 5 heteroatoms. The van der Waals surface area contributed by atoms with Crippen LogP contribution in [0, 0.1) is 0 Å². The predicted octanol–water partition coefficient (Wildman–Crippen LogP) is 4.57. The first-order valence-electron chi connectivity index (χ1n) is 7.88. The number of hydrogen-bond acceptors (Lipinski definition) is 3. The summed E-state index contributed by atoms with van der Waals surface area (Å²) in [6.45, 7) is 7.26. The van der Waals surface area contributed by atoms with E-state index in [1.54, 1.807) is 0 Å². The molecule has 0 spiro atoms. The molecule has 120 valence electrons. The molecule has 0 bridgehead atoms. The van der Waals surface area contributed by atoms with Crippen LogP contribution in [0.15, 0.2) is 54.6 Å². The summed E-state index contributed by atoms with van der Waals surface area (Å²) < 4.78 is 2.12. The van der Waals surface area contributed by atoms with E-state index in [1.165, 1.54) is 5.56 Å². The highest BCUT2D eigenvalue weighted by molar-refractivity contribution is 8.01. The molecule has 3 nitrogen and oxygen atoms in total. The van der Waals surface area contributed by atoms with Crippen molar-refractivity contribution in [3.63, 3.8) is 0 Å². The van der Waals surface area contributed by atoms with Crippen molar-refractivity contribution in [2.75, 3.05) is 6.26 Å². The number of benzene rings is 2. The second kappa shape index (κ2) is 6.13. The van der Waals surface area contributed by atoms with Gasteiger partial charge in [-0.2, -0.15) is 0 Å². The average molecular weight is 342 g/mol. The Morgan fingerprint density at radius 3 is 2.30 bits per heavy atom. The van der Waals surface area contributed by atoms with E-state index in [1.807, 2.05) is 23.9 Å². The Labute approximate surface area is 143 Å². The van der Waals surface area contributed by atoms with Crippen molar-refractivity contribution in [1.82, 2.24) is 15.0 Å². The summed E-state index contributed by atoms with van der Waals surface area (Å²) in [4.78, 5) is 0. The van der Waals surface area contributed by atoms with Gasteiger partial charge >= 0.3 is 0 Å². The number of hydrogen-bond donors (Lipinski definition) is 0. The number of nitrogens with zero attached hydrogens (tertiary/aromatic N) is 3. The molecule has 0 saturated heterocycles. The van der Waals surface area contributed by atoms with Gasteiger partial charge in [0.1, 0.15) is 10.0 Å². The quantitative estimate of drug-likeness (QED) is 0.637. The van der Waals surface area contributed by atoms with Crippen molar-refractivity contribution in [2.45, 2.75) is 30.6 Å². The fourth-order valence-electron chi connectivity index (χ4n) is 3.13. The van der Waals surface area contributed by atoms with Gasteiger partial charge in [0.15, 0.2) is 0 Å². The van der Waals surface area contributed by atoms with Crippen LogP contribution in [-0.4, -0.2) is 29.3 Å². The molecule has 23 heavy (non-hydrogen) atoms. The Morgan fingerprint density at radius 2 is 1.65 bits per heavy atom. The zero-order chi connectivity index (χ0) is 16.5. The third-order valence-corrected chi connectivity index (χ3v) is 10.7. The molecule has 0 aliphatic heterocycles. The molecular weight excluding hydrogens is 318 g/mol. The van der Waals surface area contributed by atoms with Crippen molar-refractivity contribution in [3.05, 3.63) is 60.2 Å². The molecule has 0 aliphatic rings. The van der Waals surface area contributed by atoms with Crippen LogP contribution >= 0.6 is 11.8 Å². The lowest BCUT2D eigenvalue weighted by Gasteiger charge is -2.42. The van der Waals surface area contributed by atoms with E-state index in [0.29, 0.717) is 0 Å². The Bertz CT molecular complexity index is 795. The van der Waals surface area contributed by atoms with Gasteiger partial charge in [-0.15, -0.1) is 16.9 Å². The van der Waals surface area contributed by atoms with E-state index < -0.39 is 8.07 Å². The van der Waals surface area contributed by atoms with Crippen LogP contribution in [0.4, 0.5) is 0 Å². The fourth-order valence-corrected chi connectivity index (χ4v) is 7.73. The van der Waals surface area contributed by atoms with Crippen molar-refractivity contribution in [2.24, 2.45) is 0 Å². The fraction of sp³-hybridized carbons (Fsp3) is 0.333. The van der Waals surface area contributed by atoms with E-state index in [0.717, 1.165) is 17.5 Å². The molecule has 3 aromatic rings. The monoisotopic (exact) mass is 341 g/mol. The molecule has 1 atom stereocenters. The standard InChI is InChI=1S/C18H23N3SSi/c1-22-18(23(2,3)4,14-15-10-6-5-7-11-15)21-17-13-9-8-12-16(17)19-20-21/h5-13H,14H2,1-4H3. The summed E-state index contributed by atoms with van der Waals surface area (Å²) >= 11 is 1.91. The minimum atomic E-state index is -1.62. The van der Waals surface area contributed by atoms with Gasteiger partial charge in [-0.25, -0.2) is 4.68 Å².